The van der Waals surface area contributed by atoms with Gasteiger partial charge in [-0.2, -0.15) is 0 Å². The van der Waals surface area contributed by atoms with Crippen molar-refractivity contribution in [3.63, 3.8) is 0 Å². The van der Waals surface area contributed by atoms with Gasteiger partial charge in [0.05, 0.1) is 3.57 Å². The molecule has 0 aromatic heterocycles. The van der Waals surface area contributed by atoms with Gasteiger partial charge in [-0.15, -0.1) is 0 Å². The van der Waals surface area contributed by atoms with E-state index in [2.05, 4.69) is 22.6 Å². The summed E-state index contributed by atoms with van der Waals surface area (Å²) in [6.45, 7) is 2.00. The number of phenols is 1. The Labute approximate surface area is 67.9 Å². The lowest BCUT2D eigenvalue weighted by Gasteiger charge is -1.95. The summed E-state index contributed by atoms with van der Waals surface area (Å²) in [6.07, 6.45) is 0. The molecule has 1 nitrogen and oxygen atoms in total. The second-order valence-corrected chi connectivity index (χ2v) is 3.12. The van der Waals surface area contributed by atoms with E-state index in [0.717, 1.165) is 3.57 Å². The fraction of sp³-hybridized carbons (Fsp3) is 0.143. The lowest BCUT2D eigenvalue weighted by Crippen LogP contribution is -1.74. The molecule has 1 aromatic rings. The molecule has 1 N–H and O–H groups in total. The fourth-order valence-corrected chi connectivity index (χ4v) is 1.28. The van der Waals surface area contributed by atoms with Gasteiger partial charge in [-0.25, -0.2) is 0 Å². The molecule has 0 bridgehead atoms. The van der Waals surface area contributed by atoms with Crippen LogP contribution in [0.4, 0.5) is 0 Å². The minimum atomic E-state index is 0.362. The quantitative estimate of drug-likeness (QED) is 0.680. The molecule has 0 heterocycles. The summed E-state index contributed by atoms with van der Waals surface area (Å²) in [5, 5.41) is 9.04. The van der Waals surface area contributed by atoms with Gasteiger partial charge in [0.1, 0.15) is 5.75 Å². The van der Waals surface area contributed by atoms with Crippen LogP contribution in [-0.4, -0.2) is 5.11 Å². The molecule has 0 radical (unpaired) electrons. The Morgan fingerprint density at radius 2 is 2.11 bits per heavy atom. The second kappa shape index (κ2) is 2.56. The van der Waals surface area contributed by atoms with Gasteiger partial charge in [0, 0.05) is 0 Å². The van der Waals surface area contributed by atoms with E-state index in [9.17, 15) is 0 Å². The lowest BCUT2D eigenvalue weighted by molar-refractivity contribution is 0.471. The second-order valence-electron chi connectivity index (χ2n) is 1.95. The van der Waals surface area contributed by atoms with Crippen LogP contribution >= 0.6 is 22.6 Å². The van der Waals surface area contributed by atoms with Gasteiger partial charge in [-0.3, -0.25) is 0 Å². The Kier molecular flexibility index (Phi) is 1.95. The zero-order valence-electron chi connectivity index (χ0n) is 5.06. The summed E-state index contributed by atoms with van der Waals surface area (Å²) in [7, 11) is 0. The normalized spacial score (nSPS) is 9.56. The Hall–Kier alpha value is -0.250. The molecular weight excluding hydrogens is 225 g/mol. The monoisotopic (exact) mass is 232 g/mol. The largest absolute Gasteiger partial charge is 0.507 e. The first-order chi connectivity index (χ1) is 4.20. The number of hydrogen-bond acceptors (Lipinski definition) is 1. The molecule has 0 aliphatic carbocycles. The van der Waals surface area contributed by atoms with Crippen LogP contribution < -0.4 is 0 Å². The maximum Gasteiger partial charge on any atom is 0.128 e. The van der Waals surface area contributed by atoms with Crippen molar-refractivity contribution in [3.05, 3.63) is 27.3 Å². The standard InChI is InChI=1S/C7H7IO/c1-5-2-3-7(9)6(8)4-5/h2-4,9H,1H3/i8-2. The molecule has 0 fully saturated rings. The third-order valence-corrected chi connectivity index (χ3v) is 1.97. The number of phenolic OH excluding ortho intramolecular Hbond substituents is 1. The van der Waals surface area contributed by atoms with E-state index in [0.29, 0.717) is 5.75 Å². The molecule has 0 unspecified atom stereocenters. The van der Waals surface area contributed by atoms with E-state index >= 15 is 0 Å². The molecule has 1 rings (SSSR count). The first-order valence-electron chi connectivity index (χ1n) is 2.65. The summed E-state index contributed by atoms with van der Waals surface area (Å²) in [6, 6.07) is 5.53. The lowest BCUT2D eigenvalue weighted by atomic mass is 10.2. The molecule has 0 saturated heterocycles. The van der Waals surface area contributed by atoms with Crippen LogP contribution in [0.3, 0.4) is 0 Å². The van der Waals surface area contributed by atoms with Crippen LogP contribution in [0.25, 0.3) is 0 Å². The van der Waals surface area contributed by atoms with Crippen LogP contribution in [0, 0.1) is 10.5 Å². The zero-order valence-corrected chi connectivity index (χ0v) is 7.21. The molecule has 2 heteroatoms. The van der Waals surface area contributed by atoms with E-state index in [-0.39, 0.29) is 0 Å². The zero-order chi connectivity index (χ0) is 6.85. The smallest absolute Gasteiger partial charge is 0.128 e. The fourth-order valence-electron chi connectivity index (χ4n) is 0.612. The number of rotatable bonds is 0. The molecule has 0 saturated carbocycles. The predicted molar refractivity (Wildman–Crippen MR) is 45.6 cm³/mol. The molecule has 0 spiro atoms. The summed E-state index contributed by atoms with van der Waals surface area (Å²) in [5.41, 5.74) is 1.18. The van der Waals surface area contributed by atoms with Crippen molar-refractivity contribution in [1.29, 1.82) is 0 Å². The minimum Gasteiger partial charge on any atom is -0.507 e. The van der Waals surface area contributed by atoms with Crippen molar-refractivity contribution in [2.45, 2.75) is 6.92 Å². The summed E-state index contributed by atoms with van der Waals surface area (Å²) < 4.78 is 0.910. The van der Waals surface area contributed by atoms with Crippen LogP contribution in [0.2, 0.25) is 0 Å². The first kappa shape index (κ1) is 6.86. The Morgan fingerprint density at radius 1 is 1.44 bits per heavy atom. The first-order valence-corrected chi connectivity index (χ1v) is 3.73. The highest BCUT2D eigenvalue weighted by molar-refractivity contribution is 14.1. The van der Waals surface area contributed by atoms with Crippen molar-refractivity contribution in [3.8, 4) is 5.75 Å². The average Bonchev–Trinajstić information content (AvgIpc) is 1.80. The third kappa shape index (κ3) is 1.58. The average molecular weight is 232 g/mol. The topological polar surface area (TPSA) is 20.2 Å². The van der Waals surface area contributed by atoms with Gasteiger partial charge in [0.2, 0.25) is 0 Å². The molecule has 0 aliphatic heterocycles. The van der Waals surface area contributed by atoms with E-state index in [1.54, 1.807) is 6.07 Å². The van der Waals surface area contributed by atoms with Gasteiger partial charge in [-0.05, 0) is 47.2 Å². The van der Waals surface area contributed by atoms with Crippen molar-refractivity contribution in [2.75, 3.05) is 0 Å². The molecule has 48 valence electrons. The number of halogens is 1. The van der Waals surface area contributed by atoms with E-state index in [1.807, 2.05) is 19.1 Å². The van der Waals surface area contributed by atoms with E-state index < -0.39 is 0 Å². The van der Waals surface area contributed by atoms with Crippen molar-refractivity contribution < 1.29 is 5.11 Å². The van der Waals surface area contributed by atoms with Crippen molar-refractivity contribution >= 4 is 22.6 Å². The highest BCUT2D eigenvalue weighted by Gasteiger charge is 1.93. The van der Waals surface area contributed by atoms with Crippen molar-refractivity contribution in [2.24, 2.45) is 0 Å². The highest BCUT2D eigenvalue weighted by Crippen LogP contribution is 2.19. The van der Waals surface area contributed by atoms with E-state index in [1.165, 1.54) is 5.56 Å². The minimum absolute atomic E-state index is 0.362. The Bertz CT molecular complexity index is 220. The van der Waals surface area contributed by atoms with Gasteiger partial charge < -0.3 is 5.11 Å². The molecule has 0 aliphatic rings. The number of benzene rings is 1. The molecular formula is C7H7IO. The van der Waals surface area contributed by atoms with Gasteiger partial charge in [0.15, 0.2) is 0 Å². The highest BCUT2D eigenvalue weighted by atomic mass is 125. The van der Waals surface area contributed by atoms with Gasteiger partial charge in [0.25, 0.3) is 0 Å². The SMILES string of the molecule is Cc1ccc(O)c([125I])c1. The van der Waals surface area contributed by atoms with Crippen LogP contribution in [-0.2, 0) is 0 Å². The molecule has 1 aromatic carbocycles. The number of aryl methyl sites for hydroxylation is 1. The molecule has 0 atom stereocenters. The summed E-state index contributed by atoms with van der Waals surface area (Å²) in [5.74, 6) is 0.362. The van der Waals surface area contributed by atoms with Gasteiger partial charge >= 0.3 is 0 Å². The number of hydrogen-bond donors (Lipinski definition) is 1. The number of aromatic hydroxyl groups is 1. The van der Waals surface area contributed by atoms with Gasteiger partial charge in [-0.1, -0.05) is 6.07 Å². The maximum absolute atomic E-state index is 9.04. The van der Waals surface area contributed by atoms with Crippen LogP contribution in [0.1, 0.15) is 5.56 Å². The van der Waals surface area contributed by atoms with E-state index in [4.69, 9.17) is 5.11 Å². The maximum atomic E-state index is 9.04. The summed E-state index contributed by atoms with van der Waals surface area (Å²) in [4.78, 5) is 0. The summed E-state index contributed by atoms with van der Waals surface area (Å²) >= 11 is 2.10. The predicted octanol–water partition coefficient (Wildman–Crippen LogP) is 2.31. The van der Waals surface area contributed by atoms with Crippen LogP contribution in [0.15, 0.2) is 18.2 Å². The Morgan fingerprint density at radius 3 is 2.56 bits per heavy atom. The van der Waals surface area contributed by atoms with Crippen molar-refractivity contribution in [1.82, 2.24) is 0 Å². The Balaban J connectivity index is 3.17. The molecule has 0 amide bonds. The van der Waals surface area contributed by atoms with Crippen LogP contribution in [0.5, 0.6) is 5.75 Å². The third-order valence-electron chi connectivity index (χ3n) is 1.10. The molecule has 9 heavy (non-hydrogen) atoms.